The smallest absolute Gasteiger partial charge is 0.251 e. The van der Waals surface area contributed by atoms with Gasteiger partial charge in [0.1, 0.15) is 12.2 Å². The monoisotopic (exact) mass is 310 g/mol. The van der Waals surface area contributed by atoms with Crippen molar-refractivity contribution in [2.75, 3.05) is 0 Å². The minimum atomic E-state index is -0.230. The number of hydrogen-bond acceptors (Lipinski definition) is 4. The van der Waals surface area contributed by atoms with E-state index in [1.165, 1.54) is 0 Å². The lowest BCUT2D eigenvalue weighted by Crippen LogP contribution is -2.28. The van der Waals surface area contributed by atoms with E-state index >= 15 is 0 Å². The molecule has 118 valence electrons. The van der Waals surface area contributed by atoms with Gasteiger partial charge in [-0.15, -0.1) is 10.2 Å². The molecule has 3 rings (SSSR count). The largest absolute Gasteiger partial charge is 0.342 e. The van der Waals surface area contributed by atoms with Gasteiger partial charge in [0.2, 0.25) is 0 Å². The highest BCUT2D eigenvalue weighted by atomic mass is 16.1. The molecule has 0 saturated carbocycles. The average Bonchev–Trinajstić information content (AvgIpc) is 3.15. The average molecular weight is 310 g/mol. The lowest BCUT2D eigenvalue weighted by molar-refractivity contribution is 0.0938. The van der Waals surface area contributed by atoms with Gasteiger partial charge in [0.15, 0.2) is 5.82 Å². The van der Waals surface area contributed by atoms with Gasteiger partial charge in [0, 0.05) is 37.6 Å². The van der Waals surface area contributed by atoms with Crippen LogP contribution < -0.4 is 5.32 Å². The summed E-state index contributed by atoms with van der Waals surface area (Å²) in [7, 11) is 3.77. The molecule has 0 aliphatic heterocycles. The SMILES string of the molecule is C[C@H](NC(=O)c1cccc(-c2nccn2C)c1)c1nncn1C. The van der Waals surface area contributed by atoms with Crippen LogP contribution in [0.3, 0.4) is 0 Å². The van der Waals surface area contributed by atoms with Gasteiger partial charge in [-0.3, -0.25) is 4.79 Å². The van der Waals surface area contributed by atoms with E-state index in [2.05, 4.69) is 20.5 Å². The number of carbonyl (C=O) groups excluding carboxylic acids is 1. The molecule has 0 spiro atoms. The van der Waals surface area contributed by atoms with Crippen molar-refractivity contribution in [3.63, 3.8) is 0 Å². The van der Waals surface area contributed by atoms with Gasteiger partial charge in [-0.2, -0.15) is 0 Å². The van der Waals surface area contributed by atoms with E-state index in [4.69, 9.17) is 0 Å². The van der Waals surface area contributed by atoms with Gasteiger partial charge in [0.25, 0.3) is 5.91 Å². The number of aromatic nitrogens is 5. The molecule has 0 radical (unpaired) electrons. The molecule has 2 heterocycles. The first-order valence-corrected chi connectivity index (χ1v) is 7.29. The zero-order valence-corrected chi connectivity index (χ0v) is 13.3. The first kappa shape index (κ1) is 15.0. The maximum absolute atomic E-state index is 12.5. The Labute approximate surface area is 134 Å². The molecule has 0 unspecified atom stereocenters. The minimum absolute atomic E-state index is 0.156. The number of carbonyl (C=O) groups is 1. The third kappa shape index (κ3) is 2.98. The Hall–Kier alpha value is -2.96. The van der Waals surface area contributed by atoms with Crippen molar-refractivity contribution in [2.24, 2.45) is 14.1 Å². The Morgan fingerprint density at radius 1 is 1.26 bits per heavy atom. The van der Waals surface area contributed by atoms with Gasteiger partial charge in [-0.1, -0.05) is 12.1 Å². The molecule has 23 heavy (non-hydrogen) atoms. The fraction of sp³-hybridized carbons (Fsp3) is 0.250. The number of aryl methyl sites for hydroxylation is 2. The first-order chi connectivity index (χ1) is 11.1. The zero-order chi connectivity index (χ0) is 16.4. The highest BCUT2D eigenvalue weighted by Gasteiger charge is 2.16. The topological polar surface area (TPSA) is 77.6 Å². The second-order valence-electron chi connectivity index (χ2n) is 5.44. The maximum Gasteiger partial charge on any atom is 0.251 e. The fourth-order valence-corrected chi connectivity index (χ4v) is 2.47. The predicted octanol–water partition coefficient (Wildman–Crippen LogP) is 1.71. The first-order valence-electron chi connectivity index (χ1n) is 7.29. The third-order valence-electron chi connectivity index (χ3n) is 3.69. The normalized spacial score (nSPS) is 12.1. The van der Waals surface area contributed by atoms with Crippen molar-refractivity contribution >= 4 is 5.91 Å². The summed E-state index contributed by atoms with van der Waals surface area (Å²) in [6.07, 6.45) is 5.22. The second kappa shape index (κ2) is 6.04. The molecule has 3 aromatic rings. The van der Waals surface area contributed by atoms with Crippen LogP contribution in [0.2, 0.25) is 0 Å². The Balaban J connectivity index is 1.81. The van der Waals surface area contributed by atoms with Gasteiger partial charge >= 0.3 is 0 Å². The van der Waals surface area contributed by atoms with E-state index in [9.17, 15) is 4.79 Å². The van der Waals surface area contributed by atoms with Crippen LogP contribution in [0.25, 0.3) is 11.4 Å². The van der Waals surface area contributed by atoms with Crippen LogP contribution in [0.4, 0.5) is 0 Å². The Bertz CT molecular complexity index is 834. The molecule has 1 N–H and O–H groups in total. The molecule has 1 aromatic carbocycles. The molecule has 7 nitrogen and oxygen atoms in total. The standard InChI is InChI=1S/C16H18N6O/c1-11(14-20-18-10-22(14)3)19-16(23)13-6-4-5-12(9-13)15-17-7-8-21(15)2/h4-11H,1-3H3,(H,19,23)/t11-/m0/s1. The molecule has 2 aromatic heterocycles. The summed E-state index contributed by atoms with van der Waals surface area (Å²) in [5.74, 6) is 1.37. The minimum Gasteiger partial charge on any atom is -0.342 e. The third-order valence-corrected chi connectivity index (χ3v) is 3.69. The fourth-order valence-electron chi connectivity index (χ4n) is 2.47. The van der Waals surface area contributed by atoms with E-state index in [1.54, 1.807) is 23.2 Å². The molecule has 0 saturated heterocycles. The van der Waals surface area contributed by atoms with E-state index in [0.717, 1.165) is 11.4 Å². The number of imidazole rings is 1. The van der Waals surface area contributed by atoms with E-state index in [0.29, 0.717) is 11.4 Å². The number of benzene rings is 1. The number of amides is 1. The molecule has 0 aliphatic carbocycles. The summed E-state index contributed by atoms with van der Waals surface area (Å²) >= 11 is 0. The number of nitrogens with one attached hydrogen (secondary N) is 1. The molecule has 0 bridgehead atoms. The highest BCUT2D eigenvalue weighted by molar-refractivity contribution is 5.95. The second-order valence-corrected chi connectivity index (χ2v) is 5.44. The summed E-state index contributed by atoms with van der Waals surface area (Å²) in [6, 6.07) is 7.18. The van der Waals surface area contributed by atoms with Gasteiger partial charge in [0.05, 0.1) is 6.04 Å². The van der Waals surface area contributed by atoms with Crippen LogP contribution in [0.5, 0.6) is 0 Å². The van der Waals surface area contributed by atoms with E-state index < -0.39 is 0 Å². The molecule has 0 fully saturated rings. The van der Waals surface area contributed by atoms with Crippen molar-refractivity contribution in [1.29, 1.82) is 0 Å². The Kier molecular flexibility index (Phi) is 3.92. The van der Waals surface area contributed by atoms with Crippen LogP contribution in [-0.2, 0) is 14.1 Å². The zero-order valence-electron chi connectivity index (χ0n) is 13.3. The molecule has 0 aliphatic rings. The van der Waals surface area contributed by atoms with Crippen molar-refractivity contribution in [2.45, 2.75) is 13.0 Å². The quantitative estimate of drug-likeness (QED) is 0.796. The number of hydrogen-bond donors (Lipinski definition) is 1. The van der Waals surface area contributed by atoms with E-state index in [-0.39, 0.29) is 11.9 Å². The van der Waals surface area contributed by atoms with Gasteiger partial charge in [-0.05, 0) is 19.1 Å². The number of rotatable bonds is 4. The summed E-state index contributed by atoms with van der Waals surface area (Å²) in [4.78, 5) is 16.8. The molecular formula is C16H18N6O. The molecule has 1 atom stereocenters. The number of nitrogens with zero attached hydrogens (tertiary/aromatic N) is 5. The lowest BCUT2D eigenvalue weighted by atomic mass is 10.1. The van der Waals surface area contributed by atoms with Crippen LogP contribution in [0.1, 0.15) is 29.1 Å². The highest BCUT2D eigenvalue weighted by Crippen LogP contribution is 2.18. The Morgan fingerprint density at radius 2 is 2.09 bits per heavy atom. The van der Waals surface area contributed by atoms with E-state index in [1.807, 2.05) is 50.0 Å². The summed E-state index contributed by atoms with van der Waals surface area (Å²) in [5.41, 5.74) is 1.48. The molecule has 7 heteroatoms. The van der Waals surface area contributed by atoms with Crippen LogP contribution >= 0.6 is 0 Å². The summed E-state index contributed by atoms with van der Waals surface area (Å²) < 4.78 is 3.70. The lowest BCUT2D eigenvalue weighted by Gasteiger charge is -2.13. The van der Waals surface area contributed by atoms with Crippen molar-refractivity contribution in [3.8, 4) is 11.4 Å². The van der Waals surface area contributed by atoms with Crippen LogP contribution in [-0.4, -0.2) is 30.2 Å². The Morgan fingerprint density at radius 3 is 2.74 bits per heavy atom. The van der Waals surface area contributed by atoms with Crippen molar-refractivity contribution in [1.82, 2.24) is 29.6 Å². The van der Waals surface area contributed by atoms with Crippen LogP contribution in [0, 0.1) is 0 Å². The summed E-state index contributed by atoms with van der Waals surface area (Å²) in [5, 5.41) is 10.8. The molecular weight excluding hydrogens is 292 g/mol. The van der Waals surface area contributed by atoms with Gasteiger partial charge in [-0.25, -0.2) is 4.98 Å². The van der Waals surface area contributed by atoms with Crippen LogP contribution in [0.15, 0.2) is 43.0 Å². The maximum atomic E-state index is 12.5. The molecule has 1 amide bonds. The van der Waals surface area contributed by atoms with Crippen molar-refractivity contribution in [3.05, 3.63) is 54.4 Å². The predicted molar refractivity (Wildman–Crippen MR) is 85.5 cm³/mol. The van der Waals surface area contributed by atoms with Crippen molar-refractivity contribution < 1.29 is 4.79 Å². The van der Waals surface area contributed by atoms with Gasteiger partial charge < -0.3 is 14.5 Å². The summed E-state index contributed by atoms with van der Waals surface area (Å²) in [6.45, 7) is 1.88.